The van der Waals surface area contributed by atoms with Gasteiger partial charge >= 0.3 is 0 Å². The maximum atomic E-state index is 12.9. The number of ether oxygens (including phenoxy) is 3. The summed E-state index contributed by atoms with van der Waals surface area (Å²) in [5.41, 5.74) is 3.73. The lowest BCUT2D eigenvalue weighted by molar-refractivity contribution is -0.120. The van der Waals surface area contributed by atoms with Crippen LogP contribution in [0.2, 0.25) is 0 Å². The van der Waals surface area contributed by atoms with Crippen LogP contribution in [0.3, 0.4) is 0 Å². The molecule has 0 atom stereocenters. The van der Waals surface area contributed by atoms with E-state index in [0.29, 0.717) is 28.5 Å². The second-order valence-electron chi connectivity index (χ2n) is 5.84. The summed E-state index contributed by atoms with van der Waals surface area (Å²) in [6.07, 6.45) is 0. The van der Waals surface area contributed by atoms with E-state index in [1.807, 2.05) is 0 Å². The van der Waals surface area contributed by atoms with Gasteiger partial charge in [-0.2, -0.15) is 5.10 Å². The first-order valence-electron chi connectivity index (χ1n) is 8.56. The summed E-state index contributed by atoms with van der Waals surface area (Å²) in [6.45, 7) is 1.37. The predicted octanol–water partition coefficient (Wildman–Crippen LogP) is 2.12. The molecule has 154 valence electrons. The Hall–Kier alpha value is -3.62. The lowest BCUT2D eigenvalue weighted by atomic mass is 10.1. The van der Waals surface area contributed by atoms with Crippen LogP contribution in [0.1, 0.15) is 22.8 Å². The maximum Gasteiger partial charge on any atom is 0.259 e. The van der Waals surface area contributed by atoms with Crippen molar-refractivity contribution in [1.29, 1.82) is 0 Å². The average Bonchev–Trinajstić information content (AvgIpc) is 2.74. The van der Waals surface area contributed by atoms with Crippen LogP contribution in [0, 0.1) is 5.82 Å². The Bertz CT molecular complexity index is 888. The lowest BCUT2D eigenvalue weighted by Crippen LogP contribution is -2.35. The molecule has 0 radical (unpaired) electrons. The van der Waals surface area contributed by atoms with Crippen LogP contribution in [-0.2, 0) is 4.79 Å². The van der Waals surface area contributed by atoms with Crippen molar-refractivity contribution in [2.75, 3.05) is 27.9 Å². The molecule has 0 unspecified atom stereocenters. The van der Waals surface area contributed by atoms with Gasteiger partial charge in [-0.1, -0.05) is 12.1 Å². The van der Waals surface area contributed by atoms with Gasteiger partial charge in [-0.25, -0.2) is 9.82 Å². The Labute approximate surface area is 167 Å². The van der Waals surface area contributed by atoms with Gasteiger partial charge in [0, 0.05) is 5.56 Å². The van der Waals surface area contributed by atoms with Gasteiger partial charge in [-0.05, 0) is 36.8 Å². The third-order valence-electron chi connectivity index (χ3n) is 3.95. The Morgan fingerprint density at radius 2 is 1.55 bits per heavy atom. The van der Waals surface area contributed by atoms with Gasteiger partial charge in [0.15, 0.2) is 11.5 Å². The van der Waals surface area contributed by atoms with Gasteiger partial charge < -0.3 is 19.5 Å². The molecule has 2 aromatic carbocycles. The molecule has 2 rings (SSSR count). The number of nitrogens with zero attached hydrogens (tertiary/aromatic N) is 1. The van der Waals surface area contributed by atoms with E-state index in [-0.39, 0.29) is 17.9 Å². The molecule has 0 aromatic heterocycles. The largest absolute Gasteiger partial charge is 0.493 e. The number of benzene rings is 2. The number of rotatable bonds is 8. The van der Waals surface area contributed by atoms with Gasteiger partial charge in [-0.15, -0.1) is 0 Å². The first-order valence-corrected chi connectivity index (χ1v) is 8.56. The fourth-order valence-electron chi connectivity index (χ4n) is 2.42. The van der Waals surface area contributed by atoms with Crippen molar-refractivity contribution in [2.45, 2.75) is 6.92 Å². The molecule has 0 saturated carbocycles. The second-order valence-corrected chi connectivity index (χ2v) is 5.84. The Kier molecular flexibility index (Phi) is 7.53. The number of carbonyl (C=O) groups is 2. The Balaban J connectivity index is 1.98. The van der Waals surface area contributed by atoms with Crippen molar-refractivity contribution >= 4 is 17.5 Å². The smallest absolute Gasteiger partial charge is 0.259 e. The zero-order valence-corrected chi connectivity index (χ0v) is 16.5. The standard InChI is InChI=1S/C20H22FN3O5/c1-12(13-5-7-15(21)8-6-13)23-24-18(25)11-22-20(26)14-9-16(27-2)19(29-4)17(10-14)28-3/h5-10H,11H2,1-4H3,(H,22,26)(H,24,25)/b23-12+. The average molecular weight is 403 g/mol. The minimum Gasteiger partial charge on any atom is -0.493 e. The predicted molar refractivity (Wildman–Crippen MR) is 105 cm³/mol. The van der Waals surface area contributed by atoms with Crippen molar-refractivity contribution in [1.82, 2.24) is 10.7 Å². The highest BCUT2D eigenvalue weighted by molar-refractivity contribution is 6.00. The number of methoxy groups -OCH3 is 3. The summed E-state index contributed by atoms with van der Waals surface area (Å²) >= 11 is 0. The maximum absolute atomic E-state index is 12.9. The first kappa shape index (κ1) is 21.7. The molecule has 0 saturated heterocycles. The van der Waals surface area contributed by atoms with Crippen LogP contribution < -0.4 is 25.0 Å². The first-order chi connectivity index (χ1) is 13.9. The molecule has 8 nitrogen and oxygen atoms in total. The van der Waals surface area contributed by atoms with Gasteiger partial charge in [0.2, 0.25) is 5.75 Å². The summed E-state index contributed by atoms with van der Waals surface area (Å²) in [5.74, 6) is -0.386. The normalized spacial score (nSPS) is 10.9. The number of hydrogen-bond acceptors (Lipinski definition) is 6. The topological polar surface area (TPSA) is 98.2 Å². The molecule has 2 amide bonds. The van der Waals surface area contributed by atoms with Gasteiger partial charge in [0.25, 0.3) is 11.8 Å². The van der Waals surface area contributed by atoms with Crippen molar-refractivity contribution in [3.8, 4) is 17.2 Å². The zero-order valence-electron chi connectivity index (χ0n) is 16.5. The van der Waals surface area contributed by atoms with E-state index >= 15 is 0 Å². The summed E-state index contributed by atoms with van der Waals surface area (Å²) in [7, 11) is 4.33. The Morgan fingerprint density at radius 3 is 2.07 bits per heavy atom. The van der Waals surface area contributed by atoms with Crippen LogP contribution in [0.25, 0.3) is 0 Å². The molecular formula is C20H22FN3O5. The van der Waals surface area contributed by atoms with Gasteiger partial charge in [-0.3, -0.25) is 9.59 Å². The fraction of sp³-hybridized carbons (Fsp3) is 0.250. The Morgan fingerprint density at radius 1 is 0.966 bits per heavy atom. The molecule has 9 heteroatoms. The second kappa shape index (κ2) is 10.1. The van der Waals surface area contributed by atoms with Crippen molar-refractivity contribution < 1.29 is 28.2 Å². The van der Waals surface area contributed by atoms with E-state index < -0.39 is 11.8 Å². The van der Waals surface area contributed by atoms with E-state index in [2.05, 4.69) is 15.8 Å². The molecule has 0 fully saturated rings. The van der Waals surface area contributed by atoms with Crippen molar-refractivity contribution in [3.05, 3.63) is 53.3 Å². The molecular weight excluding hydrogens is 381 g/mol. The van der Waals surface area contributed by atoms with E-state index in [1.54, 1.807) is 19.1 Å². The molecule has 0 aliphatic carbocycles. The SMILES string of the molecule is COc1cc(C(=O)NCC(=O)N/N=C(\C)c2ccc(F)cc2)cc(OC)c1OC. The van der Waals surface area contributed by atoms with Crippen molar-refractivity contribution in [2.24, 2.45) is 5.10 Å². The van der Waals surface area contributed by atoms with Crippen LogP contribution >= 0.6 is 0 Å². The highest BCUT2D eigenvalue weighted by atomic mass is 19.1. The third-order valence-corrected chi connectivity index (χ3v) is 3.95. The summed E-state index contributed by atoms with van der Waals surface area (Å²) in [4.78, 5) is 24.3. The molecule has 29 heavy (non-hydrogen) atoms. The summed E-state index contributed by atoms with van der Waals surface area (Å²) in [5, 5.41) is 6.43. The molecule has 2 aromatic rings. The number of halogens is 1. The van der Waals surface area contributed by atoms with Crippen LogP contribution in [0.4, 0.5) is 4.39 Å². The zero-order chi connectivity index (χ0) is 21.4. The minimum absolute atomic E-state index is 0.235. The monoisotopic (exact) mass is 403 g/mol. The highest BCUT2D eigenvalue weighted by Gasteiger charge is 2.17. The molecule has 0 aliphatic rings. The molecule has 0 heterocycles. The van der Waals surface area contributed by atoms with E-state index in [0.717, 1.165) is 0 Å². The van der Waals surface area contributed by atoms with Gasteiger partial charge in [0.1, 0.15) is 5.82 Å². The van der Waals surface area contributed by atoms with Crippen LogP contribution in [0.5, 0.6) is 17.2 Å². The quantitative estimate of drug-likeness (QED) is 0.520. The number of hydrazone groups is 1. The van der Waals surface area contributed by atoms with E-state index in [1.165, 1.54) is 45.6 Å². The number of carbonyl (C=O) groups excluding carboxylic acids is 2. The molecule has 0 spiro atoms. The number of nitrogens with one attached hydrogen (secondary N) is 2. The fourth-order valence-corrected chi connectivity index (χ4v) is 2.42. The molecule has 0 aliphatic heterocycles. The van der Waals surface area contributed by atoms with Crippen LogP contribution in [0.15, 0.2) is 41.5 Å². The van der Waals surface area contributed by atoms with E-state index in [9.17, 15) is 14.0 Å². The third kappa shape index (κ3) is 5.68. The van der Waals surface area contributed by atoms with E-state index in [4.69, 9.17) is 14.2 Å². The van der Waals surface area contributed by atoms with Crippen molar-refractivity contribution in [3.63, 3.8) is 0 Å². The summed E-state index contributed by atoms with van der Waals surface area (Å²) in [6, 6.07) is 8.65. The minimum atomic E-state index is -0.521. The lowest BCUT2D eigenvalue weighted by Gasteiger charge is -2.14. The summed E-state index contributed by atoms with van der Waals surface area (Å²) < 4.78 is 28.6. The highest BCUT2D eigenvalue weighted by Crippen LogP contribution is 2.38. The number of hydrogen-bond donors (Lipinski definition) is 2. The van der Waals surface area contributed by atoms with Crippen LogP contribution in [-0.4, -0.2) is 45.4 Å². The number of amides is 2. The molecule has 2 N–H and O–H groups in total. The van der Waals surface area contributed by atoms with Gasteiger partial charge in [0.05, 0.1) is 33.6 Å². The molecule has 0 bridgehead atoms.